The summed E-state index contributed by atoms with van der Waals surface area (Å²) in [5.74, 6) is -0.439. The Morgan fingerprint density at radius 3 is 2.12 bits per heavy atom. The van der Waals surface area contributed by atoms with E-state index in [1.807, 2.05) is 41.5 Å². The van der Waals surface area contributed by atoms with Gasteiger partial charge in [-0.2, -0.15) is 10.3 Å². The van der Waals surface area contributed by atoms with Crippen LogP contribution < -0.4 is 0 Å². The molecule has 0 aliphatic carbocycles. The van der Waals surface area contributed by atoms with E-state index < -0.39 is 11.6 Å². The second kappa shape index (κ2) is 3.88. The average Bonchev–Trinajstić information content (AvgIpc) is 2.45. The largest absolute Gasteiger partial charge is 0.455 e. The highest BCUT2D eigenvalue weighted by Crippen LogP contribution is 2.23. The van der Waals surface area contributed by atoms with E-state index >= 15 is 0 Å². The molecule has 0 aliphatic heterocycles. The molecule has 0 aromatic carbocycles. The van der Waals surface area contributed by atoms with Gasteiger partial charge in [0.15, 0.2) is 5.69 Å². The van der Waals surface area contributed by atoms with Crippen LogP contribution in [0.25, 0.3) is 0 Å². The van der Waals surface area contributed by atoms with Gasteiger partial charge in [0, 0.05) is 5.41 Å². The van der Waals surface area contributed by atoms with Gasteiger partial charge in [-0.15, -0.1) is 5.10 Å². The number of hydrogen-bond donors (Lipinski definition) is 1. The zero-order valence-corrected chi connectivity index (χ0v) is 10.7. The fourth-order valence-electron chi connectivity index (χ4n) is 1.22. The van der Waals surface area contributed by atoms with E-state index in [0.717, 1.165) is 0 Å². The van der Waals surface area contributed by atoms with Crippen LogP contribution in [-0.2, 0) is 10.2 Å². The molecule has 1 aromatic rings. The molecule has 0 unspecified atom stereocenters. The topological polar surface area (TPSA) is 67.9 Å². The third kappa shape index (κ3) is 3.05. The molecule has 5 heteroatoms. The Bertz CT molecular complexity index is 383. The minimum Gasteiger partial charge on any atom is -0.455 e. The second-order valence-corrected chi connectivity index (χ2v) is 5.77. The third-order valence-electron chi connectivity index (χ3n) is 1.85. The van der Waals surface area contributed by atoms with Crippen molar-refractivity contribution in [2.75, 3.05) is 0 Å². The van der Waals surface area contributed by atoms with Crippen LogP contribution in [0.1, 0.15) is 57.7 Å². The number of ether oxygens (including phenoxy) is 1. The molecular formula is C11H19N3O2. The highest BCUT2D eigenvalue weighted by Gasteiger charge is 2.29. The van der Waals surface area contributed by atoms with Crippen LogP contribution in [0.3, 0.4) is 0 Å². The van der Waals surface area contributed by atoms with Crippen molar-refractivity contribution in [2.24, 2.45) is 0 Å². The Labute approximate surface area is 95.6 Å². The molecule has 0 saturated carbocycles. The maximum atomic E-state index is 11.8. The van der Waals surface area contributed by atoms with Crippen LogP contribution in [0, 0.1) is 0 Å². The van der Waals surface area contributed by atoms with Crippen LogP contribution in [-0.4, -0.2) is 27.0 Å². The molecule has 5 nitrogen and oxygen atoms in total. The van der Waals surface area contributed by atoms with Crippen molar-refractivity contribution in [3.05, 3.63) is 11.4 Å². The van der Waals surface area contributed by atoms with Crippen molar-refractivity contribution in [2.45, 2.75) is 52.6 Å². The van der Waals surface area contributed by atoms with Gasteiger partial charge in [0.05, 0.1) is 0 Å². The van der Waals surface area contributed by atoms with Crippen molar-refractivity contribution in [3.63, 3.8) is 0 Å². The van der Waals surface area contributed by atoms with Gasteiger partial charge < -0.3 is 4.74 Å². The molecule has 1 N–H and O–H groups in total. The van der Waals surface area contributed by atoms with Gasteiger partial charge in [-0.1, -0.05) is 20.8 Å². The first-order valence-electron chi connectivity index (χ1n) is 5.26. The lowest BCUT2D eigenvalue weighted by atomic mass is 9.91. The lowest BCUT2D eigenvalue weighted by molar-refractivity contribution is 0.00601. The zero-order valence-electron chi connectivity index (χ0n) is 10.7. The molecular weight excluding hydrogens is 206 g/mol. The van der Waals surface area contributed by atoms with Gasteiger partial charge in [-0.3, -0.25) is 0 Å². The molecule has 0 amide bonds. The zero-order chi connectivity index (χ0) is 12.6. The quantitative estimate of drug-likeness (QED) is 0.743. The van der Waals surface area contributed by atoms with Crippen LogP contribution in [0.5, 0.6) is 0 Å². The number of rotatable bonds is 1. The van der Waals surface area contributed by atoms with Crippen molar-refractivity contribution >= 4 is 5.97 Å². The molecule has 1 aromatic heterocycles. The van der Waals surface area contributed by atoms with Gasteiger partial charge >= 0.3 is 5.97 Å². The van der Waals surface area contributed by atoms with E-state index in [2.05, 4.69) is 15.4 Å². The van der Waals surface area contributed by atoms with E-state index in [1.165, 1.54) is 0 Å². The van der Waals surface area contributed by atoms with Gasteiger partial charge in [0.1, 0.15) is 11.3 Å². The summed E-state index contributed by atoms with van der Waals surface area (Å²) in [6, 6.07) is 0. The van der Waals surface area contributed by atoms with Crippen molar-refractivity contribution < 1.29 is 9.53 Å². The Morgan fingerprint density at radius 2 is 1.69 bits per heavy atom. The van der Waals surface area contributed by atoms with Crippen LogP contribution >= 0.6 is 0 Å². The number of hydrogen-bond acceptors (Lipinski definition) is 4. The van der Waals surface area contributed by atoms with Gasteiger partial charge in [0.25, 0.3) is 0 Å². The molecule has 0 saturated heterocycles. The highest BCUT2D eigenvalue weighted by molar-refractivity contribution is 5.88. The Hall–Kier alpha value is -1.39. The molecule has 1 heterocycles. The van der Waals surface area contributed by atoms with Gasteiger partial charge in [-0.05, 0) is 20.8 Å². The number of nitrogens with one attached hydrogen (secondary N) is 1. The molecule has 0 aliphatic rings. The SMILES string of the molecule is CC(C)(C)OC(=O)c1n[nH]nc1C(C)(C)C. The lowest BCUT2D eigenvalue weighted by Crippen LogP contribution is -2.26. The lowest BCUT2D eigenvalue weighted by Gasteiger charge is -2.20. The smallest absolute Gasteiger partial charge is 0.361 e. The summed E-state index contributed by atoms with van der Waals surface area (Å²) in [6.07, 6.45) is 0. The number of aromatic amines is 1. The van der Waals surface area contributed by atoms with E-state index in [0.29, 0.717) is 5.69 Å². The monoisotopic (exact) mass is 225 g/mol. The average molecular weight is 225 g/mol. The molecule has 0 radical (unpaired) electrons. The second-order valence-electron chi connectivity index (χ2n) is 5.77. The number of esters is 1. The highest BCUT2D eigenvalue weighted by atomic mass is 16.6. The molecule has 0 fully saturated rings. The third-order valence-corrected chi connectivity index (χ3v) is 1.85. The van der Waals surface area contributed by atoms with Gasteiger partial charge in [-0.25, -0.2) is 4.79 Å². The fourth-order valence-corrected chi connectivity index (χ4v) is 1.22. The Balaban J connectivity index is 2.98. The molecule has 0 bridgehead atoms. The maximum Gasteiger partial charge on any atom is 0.361 e. The van der Waals surface area contributed by atoms with E-state index in [-0.39, 0.29) is 11.1 Å². The number of aromatic nitrogens is 3. The normalized spacial score (nSPS) is 12.6. The number of carbonyl (C=O) groups is 1. The summed E-state index contributed by atoms with van der Waals surface area (Å²) < 4.78 is 5.26. The van der Waals surface area contributed by atoms with Crippen molar-refractivity contribution in [3.8, 4) is 0 Å². The van der Waals surface area contributed by atoms with Crippen LogP contribution in [0.4, 0.5) is 0 Å². The van der Waals surface area contributed by atoms with Crippen molar-refractivity contribution in [1.82, 2.24) is 15.4 Å². The van der Waals surface area contributed by atoms with E-state index in [4.69, 9.17) is 4.74 Å². The minimum atomic E-state index is -0.523. The van der Waals surface area contributed by atoms with Crippen molar-refractivity contribution in [1.29, 1.82) is 0 Å². The summed E-state index contributed by atoms with van der Waals surface area (Å²) in [5, 5.41) is 10.3. The summed E-state index contributed by atoms with van der Waals surface area (Å²) in [6.45, 7) is 11.4. The molecule has 90 valence electrons. The fraction of sp³-hybridized carbons (Fsp3) is 0.727. The Morgan fingerprint density at radius 1 is 1.12 bits per heavy atom. The standard InChI is InChI=1S/C11H19N3O2/c1-10(2,3)8-7(12-14-13-8)9(15)16-11(4,5)6/h1-6H3,(H,12,13,14). The first-order valence-corrected chi connectivity index (χ1v) is 5.26. The summed E-state index contributed by atoms with van der Waals surface area (Å²) >= 11 is 0. The Kier molecular flexibility index (Phi) is 3.08. The van der Waals surface area contributed by atoms with E-state index in [9.17, 15) is 4.79 Å². The number of H-pyrrole nitrogens is 1. The van der Waals surface area contributed by atoms with Crippen LogP contribution in [0.2, 0.25) is 0 Å². The molecule has 1 rings (SSSR count). The summed E-state index contributed by atoms with van der Waals surface area (Å²) in [4.78, 5) is 11.8. The predicted molar refractivity (Wildman–Crippen MR) is 60.3 cm³/mol. The predicted octanol–water partition coefficient (Wildman–Crippen LogP) is 2.06. The van der Waals surface area contributed by atoms with Crippen LogP contribution in [0.15, 0.2) is 0 Å². The minimum absolute atomic E-state index is 0.237. The first kappa shape index (κ1) is 12.7. The molecule has 16 heavy (non-hydrogen) atoms. The summed E-state index contributed by atoms with van der Waals surface area (Å²) in [5.41, 5.74) is 0.133. The first-order chi connectivity index (χ1) is 7.11. The number of nitrogens with zero attached hydrogens (tertiary/aromatic N) is 2. The number of carbonyl (C=O) groups excluding carboxylic acids is 1. The molecule has 0 spiro atoms. The maximum absolute atomic E-state index is 11.8. The molecule has 0 atom stereocenters. The van der Waals surface area contributed by atoms with E-state index in [1.54, 1.807) is 0 Å². The van der Waals surface area contributed by atoms with Gasteiger partial charge in [0.2, 0.25) is 0 Å². The summed E-state index contributed by atoms with van der Waals surface area (Å²) in [7, 11) is 0.